The largest absolute Gasteiger partial charge is 0.493 e. The zero-order valence-corrected chi connectivity index (χ0v) is 20.4. The van der Waals surface area contributed by atoms with Crippen LogP contribution in [0.2, 0.25) is 0 Å². The lowest BCUT2D eigenvalue weighted by Gasteiger charge is -2.15. The zero-order valence-electron chi connectivity index (χ0n) is 18.2. The predicted molar refractivity (Wildman–Crippen MR) is 134 cm³/mol. The number of allylic oxidation sites excluding steroid dienone is 1. The number of hydrogen-bond donors (Lipinski definition) is 0. The Balaban J connectivity index is 1.94. The van der Waals surface area contributed by atoms with Crippen LogP contribution in [0.3, 0.4) is 0 Å². The van der Waals surface area contributed by atoms with Gasteiger partial charge < -0.3 is 18.9 Å². The van der Waals surface area contributed by atoms with Crippen molar-refractivity contribution in [2.24, 2.45) is 0 Å². The average molecular weight is 541 g/mol. The van der Waals surface area contributed by atoms with Gasteiger partial charge in [0.05, 0.1) is 36.0 Å². The highest BCUT2D eigenvalue weighted by molar-refractivity contribution is 14.1. The Labute approximate surface area is 202 Å². The number of methoxy groups -OCH3 is 2. The smallest absolute Gasteiger partial charge is 0.175 e. The minimum atomic E-state index is 0.446. The van der Waals surface area contributed by atoms with Gasteiger partial charge in [0.2, 0.25) is 0 Å². The lowest BCUT2D eigenvalue weighted by Crippen LogP contribution is -2.02. The topological polar surface area (TPSA) is 60.7 Å². The quantitative estimate of drug-likeness (QED) is 0.180. The molecule has 0 N–H and O–H groups in total. The first-order valence-corrected chi connectivity index (χ1v) is 11.1. The monoisotopic (exact) mass is 541 g/mol. The summed E-state index contributed by atoms with van der Waals surface area (Å²) < 4.78 is 23.5. The minimum absolute atomic E-state index is 0.446. The molecule has 6 heteroatoms. The van der Waals surface area contributed by atoms with Crippen LogP contribution in [0.1, 0.15) is 23.6 Å². The third-order valence-electron chi connectivity index (χ3n) is 4.68. The molecule has 0 bridgehead atoms. The molecule has 0 atom stereocenters. The summed E-state index contributed by atoms with van der Waals surface area (Å²) in [5.41, 5.74) is 3.16. The first kappa shape index (κ1) is 23.5. The SMILES string of the molecule is CCOc1cc(/C=C(\C#N)c2ccc(OC)c(OC)c2)cc(I)c1OCc1ccccc1. The van der Waals surface area contributed by atoms with Crippen molar-refractivity contribution in [2.75, 3.05) is 20.8 Å². The number of benzene rings is 3. The zero-order chi connectivity index (χ0) is 22.9. The maximum atomic E-state index is 9.79. The molecule has 0 heterocycles. The highest BCUT2D eigenvalue weighted by Gasteiger charge is 2.14. The average Bonchev–Trinajstić information content (AvgIpc) is 2.82. The van der Waals surface area contributed by atoms with Gasteiger partial charge in [0.1, 0.15) is 6.61 Å². The lowest BCUT2D eigenvalue weighted by atomic mass is 10.0. The molecule has 0 unspecified atom stereocenters. The van der Waals surface area contributed by atoms with Crippen molar-refractivity contribution in [1.82, 2.24) is 0 Å². The van der Waals surface area contributed by atoms with Crippen molar-refractivity contribution in [3.63, 3.8) is 0 Å². The molecule has 0 radical (unpaired) electrons. The number of hydrogen-bond acceptors (Lipinski definition) is 5. The molecule has 0 fully saturated rings. The van der Waals surface area contributed by atoms with Gasteiger partial charge in [-0.3, -0.25) is 0 Å². The van der Waals surface area contributed by atoms with Crippen LogP contribution in [0.4, 0.5) is 0 Å². The van der Waals surface area contributed by atoms with E-state index in [0.29, 0.717) is 41.8 Å². The van der Waals surface area contributed by atoms with E-state index in [2.05, 4.69) is 28.7 Å². The molecule has 0 amide bonds. The minimum Gasteiger partial charge on any atom is -0.493 e. The fourth-order valence-corrected chi connectivity index (χ4v) is 3.94. The molecular weight excluding hydrogens is 517 g/mol. The van der Waals surface area contributed by atoms with Gasteiger partial charge >= 0.3 is 0 Å². The van der Waals surface area contributed by atoms with Crippen LogP contribution in [0.15, 0.2) is 60.7 Å². The summed E-state index contributed by atoms with van der Waals surface area (Å²) in [6, 6.07) is 21.5. The number of nitriles is 1. The molecule has 0 aliphatic heterocycles. The second-order valence-corrected chi connectivity index (χ2v) is 7.94. The number of rotatable bonds is 9. The van der Waals surface area contributed by atoms with Crippen LogP contribution in [0, 0.1) is 14.9 Å². The first-order valence-electron chi connectivity index (χ1n) is 10.1. The summed E-state index contributed by atoms with van der Waals surface area (Å²) >= 11 is 2.23. The fourth-order valence-electron chi connectivity index (χ4n) is 3.15. The van der Waals surface area contributed by atoms with Crippen LogP contribution in [0.25, 0.3) is 11.6 Å². The summed E-state index contributed by atoms with van der Waals surface area (Å²) in [5, 5.41) is 9.79. The Bertz CT molecular complexity index is 1140. The van der Waals surface area contributed by atoms with Crippen LogP contribution in [-0.2, 0) is 6.61 Å². The fraction of sp³-hybridized carbons (Fsp3) is 0.192. The molecule has 0 aromatic heterocycles. The highest BCUT2D eigenvalue weighted by Crippen LogP contribution is 2.36. The molecule has 0 aliphatic carbocycles. The van der Waals surface area contributed by atoms with Crippen LogP contribution < -0.4 is 18.9 Å². The third-order valence-corrected chi connectivity index (χ3v) is 5.48. The van der Waals surface area contributed by atoms with E-state index >= 15 is 0 Å². The summed E-state index contributed by atoms with van der Waals surface area (Å²) in [7, 11) is 3.15. The van der Waals surface area contributed by atoms with E-state index < -0.39 is 0 Å². The number of ether oxygens (including phenoxy) is 4. The van der Waals surface area contributed by atoms with E-state index in [0.717, 1.165) is 20.3 Å². The van der Waals surface area contributed by atoms with Crippen molar-refractivity contribution < 1.29 is 18.9 Å². The Hall–Kier alpha value is -3.18. The highest BCUT2D eigenvalue weighted by atomic mass is 127. The summed E-state index contributed by atoms with van der Waals surface area (Å²) in [6.45, 7) is 2.88. The molecule has 0 saturated carbocycles. The van der Waals surface area contributed by atoms with Gasteiger partial charge in [0, 0.05) is 0 Å². The van der Waals surface area contributed by atoms with Crippen molar-refractivity contribution in [3.8, 4) is 29.1 Å². The van der Waals surface area contributed by atoms with E-state index in [1.807, 2.05) is 61.5 Å². The molecule has 3 aromatic carbocycles. The van der Waals surface area contributed by atoms with E-state index in [-0.39, 0.29) is 0 Å². The molecule has 0 spiro atoms. The molecule has 0 saturated heterocycles. The van der Waals surface area contributed by atoms with Crippen molar-refractivity contribution in [2.45, 2.75) is 13.5 Å². The molecule has 32 heavy (non-hydrogen) atoms. The number of halogens is 1. The normalized spacial score (nSPS) is 10.9. The van der Waals surface area contributed by atoms with E-state index in [1.165, 1.54) is 0 Å². The molecule has 3 aromatic rings. The Morgan fingerprint density at radius 1 is 0.938 bits per heavy atom. The van der Waals surface area contributed by atoms with Gasteiger partial charge in [-0.1, -0.05) is 30.3 Å². The van der Waals surface area contributed by atoms with Crippen molar-refractivity contribution in [1.29, 1.82) is 5.26 Å². The Kier molecular flexibility index (Phi) is 8.40. The maximum absolute atomic E-state index is 9.79. The van der Waals surface area contributed by atoms with Gasteiger partial charge in [-0.25, -0.2) is 0 Å². The molecule has 0 aliphatic rings. The van der Waals surface area contributed by atoms with E-state index in [4.69, 9.17) is 18.9 Å². The first-order chi connectivity index (χ1) is 15.6. The molecule has 5 nitrogen and oxygen atoms in total. The standard InChI is InChI=1S/C26H24INO4/c1-4-31-25-14-19(13-22(27)26(25)32-17-18-8-6-5-7-9-18)12-21(16-28)20-10-11-23(29-2)24(15-20)30-3/h5-15H,4,17H2,1-3H3/b21-12+. The molecule has 3 rings (SSSR count). The maximum Gasteiger partial charge on any atom is 0.175 e. The van der Waals surface area contributed by atoms with Crippen LogP contribution in [-0.4, -0.2) is 20.8 Å². The third kappa shape index (κ3) is 5.74. The van der Waals surface area contributed by atoms with Gasteiger partial charge in [-0.15, -0.1) is 0 Å². The molecular formula is C26H24INO4. The second-order valence-electron chi connectivity index (χ2n) is 6.78. The van der Waals surface area contributed by atoms with Crippen LogP contribution in [0.5, 0.6) is 23.0 Å². The van der Waals surface area contributed by atoms with Crippen molar-refractivity contribution >= 4 is 34.2 Å². The predicted octanol–water partition coefficient (Wildman–Crippen LogP) is 6.35. The van der Waals surface area contributed by atoms with Gasteiger partial charge in [0.15, 0.2) is 23.0 Å². The summed E-state index contributed by atoms with van der Waals surface area (Å²) in [5.74, 6) is 2.52. The summed E-state index contributed by atoms with van der Waals surface area (Å²) in [6.07, 6.45) is 1.83. The van der Waals surface area contributed by atoms with E-state index in [1.54, 1.807) is 26.4 Å². The van der Waals surface area contributed by atoms with Gasteiger partial charge in [-0.05, 0) is 82.6 Å². The lowest BCUT2D eigenvalue weighted by molar-refractivity contribution is 0.267. The second kappa shape index (κ2) is 11.4. The Morgan fingerprint density at radius 3 is 2.34 bits per heavy atom. The van der Waals surface area contributed by atoms with Crippen molar-refractivity contribution in [3.05, 3.63) is 80.9 Å². The van der Waals surface area contributed by atoms with E-state index in [9.17, 15) is 5.26 Å². The molecule has 164 valence electrons. The Morgan fingerprint density at radius 2 is 1.69 bits per heavy atom. The van der Waals surface area contributed by atoms with Crippen LogP contribution >= 0.6 is 22.6 Å². The summed E-state index contributed by atoms with van der Waals surface area (Å²) in [4.78, 5) is 0. The van der Waals surface area contributed by atoms with Gasteiger partial charge in [0.25, 0.3) is 0 Å². The van der Waals surface area contributed by atoms with Gasteiger partial charge in [-0.2, -0.15) is 5.26 Å². The number of nitrogens with zero attached hydrogens (tertiary/aromatic N) is 1.